The minimum atomic E-state index is -0.0167. The van der Waals surface area contributed by atoms with Crippen molar-refractivity contribution in [2.24, 2.45) is 5.92 Å². The molecule has 2 aromatic rings. The van der Waals surface area contributed by atoms with Crippen LogP contribution in [0.5, 0.6) is 0 Å². The van der Waals surface area contributed by atoms with Crippen LogP contribution in [0.4, 0.5) is 0 Å². The molecule has 1 N–H and O–H groups in total. The third kappa shape index (κ3) is 3.73. The fraction of sp³-hybridized carbons (Fsp3) is 0.632. The predicted octanol–water partition coefficient (Wildman–Crippen LogP) is 1.39. The van der Waals surface area contributed by atoms with Crippen LogP contribution >= 0.6 is 0 Å². The van der Waals surface area contributed by atoms with Crippen LogP contribution in [0, 0.1) is 5.92 Å². The first kappa shape index (κ1) is 17.4. The number of carbonyl (C=O) groups is 1. The molecule has 2 aliphatic rings. The van der Waals surface area contributed by atoms with Gasteiger partial charge in [0.1, 0.15) is 0 Å². The van der Waals surface area contributed by atoms with Crippen molar-refractivity contribution in [3.63, 3.8) is 0 Å². The first-order chi connectivity index (χ1) is 12.7. The average molecular weight is 357 g/mol. The summed E-state index contributed by atoms with van der Waals surface area (Å²) >= 11 is 0. The van der Waals surface area contributed by atoms with Gasteiger partial charge in [0.15, 0.2) is 5.65 Å². The predicted molar refractivity (Wildman–Crippen MR) is 98.9 cm³/mol. The van der Waals surface area contributed by atoms with Gasteiger partial charge in [-0.2, -0.15) is 5.10 Å². The fourth-order valence-corrected chi connectivity index (χ4v) is 4.14. The van der Waals surface area contributed by atoms with Crippen molar-refractivity contribution in [2.75, 3.05) is 39.4 Å². The van der Waals surface area contributed by atoms with E-state index in [0.29, 0.717) is 24.9 Å². The number of rotatable bonds is 6. The average Bonchev–Trinajstić information content (AvgIpc) is 3.36. The van der Waals surface area contributed by atoms with Crippen molar-refractivity contribution >= 4 is 16.9 Å². The Morgan fingerprint density at radius 2 is 2.35 bits per heavy atom. The number of aromatic nitrogens is 3. The van der Waals surface area contributed by atoms with Crippen LogP contribution in [0.25, 0.3) is 11.0 Å². The number of nitrogens with one attached hydrogen (secondary N) is 1. The number of carbonyl (C=O) groups excluding carboxylic acids is 1. The van der Waals surface area contributed by atoms with Gasteiger partial charge in [-0.25, -0.2) is 9.67 Å². The molecule has 0 radical (unpaired) electrons. The van der Waals surface area contributed by atoms with E-state index in [2.05, 4.69) is 21.3 Å². The highest BCUT2D eigenvalue weighted by atomic mass is 16.5. The third-order valence-electron chi connectivity index (χ3n) is 5.43. The zero-order chi connectivity index (χ0) is 17.9. The zero-order valence-corrected chi connectivity index (χ0v) is 15.4. The zero-order valence-electron chi connectivity index (χ0n) is 15.4. The van der Waals surface area contributed by atoms with E-state index in [1.54, 1.807) is 0 Å². The SMILES string of the molecule is CC(=O)NCCn1nc([C@@H]2CCN(C[C@H]3CCOC3)C2)c2cccnc21. The molecule has 2 saturated heterocycles. The Morgan fingerprint density at radius 1 is 1.42 bits per heavy atom. The molecule has 7 heteroatoms. The van der Waals surface area contributed by atoms with E-state index in [4.69, 9.17) is 9.84 Å². The summed E-state index contributed by atoms with van der Waals surface area (Å²) in [7, 11) is 0. The van der Waals surface area contributed by atoms with Crippen molar-refractivity contribution in [3.05, 3.63) is 24.0 Å². The van der Waals surface area contributed by atoms with E-state index in [0.717, 1.165) is 56.0 Å². The van der Waals surface area contributed by atoms with Gasteiger partial charge < -0.3 is 15.0 Å². The largest absolute Gasteiger partial charge is 0.381 e. The summed E-state index contributed by atoms with van der Waals surface area (Å²) in [6.45, 7) is 7.89. The van der Waals surface area contributed by atoms with Gasteiger partial charge >= 0.3 is 0 Å². The van der Waals surface area contributed by atoms with Gasteiger partial charge in [-0.3, -0.25) is 4.79 Å². The molecule has 1 amide bonds. The second-order valence-corrected chi connectivity index (χ2v) is 7.44. The molecule has 0 saturated carbocycles. The number of fused-ring (bicyclic) bond motifs is 1. The lowest BCUT2D eigenvalue weighted by Crippen LogP contribution is -2.27. The summed E-state index contributed by atoms with van der Waals surface area (Å²) in [5.41, 5.74) is 2.07. The summed E-state index contributed by atoms with van der Waals surface area (Å²) in [5.74, 6) is 1.12. The first-order valence-corrected chi connectivity index (χ1v) is 9.56. The maximum atomic E-state index is 11.1. The van der Waals surface area contributed by atoms with Gasteiger partial charge in [0.05, 0.1) is 18.8 Å². The molecule has 0 aliphatic carbocycles. The molecule has 2 fully saturated rings. The topological polar surface area (TPSA) is 72.3 Å². The Balaban J connectivity index is 1.48. The lowest BCUT2D eigenvalue weighted by atomic mass is 10.0. The van der Waals surface area contributed by atoms with Gasteiger partial charge in [-0.05, 0) is 37.4 Å². The van der Waals surface area contributed by atoms with E-state index in [9.17, 15) is 4.79 Å². The van der Waals surface area contributed by atoms with Crippen LogP contribution < -0.4 is 5.32 Å². The van der Waals surface area contributed by atoms with E-state index < -0.39 is 0 Å². The quantitative estimate of drug-likeness (QED) is 0.846. The fourth-order valence-electron chi connectivity index (χ4n) is 4.14. The van der Waals surface area contributed by atoms with Crippen molar-refractivity contribution in [1.82, 2.24) is 25.0 Å². The Kier molecular flexibility index (Phi) is 5.17. The molecule has 0 unspecified atom stereocenters. The second-order valence-electron chi connectivity index (χ2n) is 7.44. The van der Waals surface area contributed by atoms with Crippen molar-refractivity contribution in [2.45, 2.75) is 32.2 Å². The van der Waals surface area contributed by atoms with Crippen molar-refractivity contribution in [1.29, 1.82) is 0 Å². The Bertz CT molecular complexity index is 768. The number of nitrogens with zero attached hydrogens (tertiary/aromatic N) is 4. The molecule has 0 spiro atoms. The highest BCUT2D eigenvalue weighted by Crippen LogP contribution is 2.32. The summed E-state index contributed by atoms with van der Waals surface area (Å²) in [6, 6.07) is 4.10. The van der Waals surface area contributed by atoms with Crippen LogP contribution in [0.1, 0.15) is 31.4 Å². The van der Waals surface area contributed by atoms with E-state index >= 15 is 0 Å². The Labute approximate surface area is 153 Å². The molecular weight excluding hydrogens is 330 g/mol. The van der Waals surface area contributed by atoms with E-state index in [1.165, 1.54) is 13.3 Å². The van der Waals surface area contributed by atoms with Crippen molar-refractivity contribution in [3.8, 4) is 0 Å². The monoisotopic (exact) mass is 357 g/mol. The molecule has 4 heterocycles. The van der Waals surface area contributed by atoms with Crippen LogP contribution in [0.2, 0.25) is 0 Å². The number of hydrogen-bond donors (Lipinski definition) is 1. The summed E-state index contributed by atoms with van der Waals surface area (Å²) < 4.78 is 7.45. The molecule has 0 aromatic carbocycles. The van der Waals surface area contributed by atoms with E-state index in [1.807, 2.05) is 16.9 Å². The van der Waals surface area contributed by atoms with Crippen LogP contribution in [0.3, 0.4) is 0 Å². The minimum Gasteiger partial charge on any atom is -0.381 e. The minimum absolute atomic E-state index is 0.0167. The maximum absolute atomic E-state index is 11.1. The van der Waals surface area contributed by atoms with Gasteiger partial charge in [0, 0.05) is 50.7 Å². The number of likely N-dealkylation sites (tertiary alicyclic amines) is 1. The van der Waals surface area contributed by atoms with Crippen LogP contribution in [-0.4, -0.2) is 65.0 Å². The lowest BCUT2D eigenvalue weighted by Gasteiger charge is -2.19. The number of ether oxygens (including phenoxy) is 1. The highest BCUT2D eigenvalue weighted by Gasteiger charge is 2.30. The molecule has 7 nitrogen and oxygen atoms in total. The molecule has 0 bridgehead atoms. The van der Waals surface area contributed by atoms with Crippen molar-refractivity contribution < 1.29 is 9.53 Å². The first-order valence-electron chi connectivity index (χ1n) is 9.56. The molecule has 4 rings (SSSR count). The Morgan fingerprint density at radius 3 is 3.15 bits per heavy atom. The van der Waals surface area contributed by atoms with Crippen LogP contribution in [0.15, 0.2) is 18.3 Å². The van der Waals surface area contributed by atoms with Gasteiger partial charge in [0.25, 0.3) is 0 Å². The molecule has 26 heavy (non-hydrogen) atoms. The van der Waals surface area contributed by atoms with Gasteiger partial charge in [0.2, 0.25) is 5.91 Å². The Hall–Kier alpha value is -1.99. The molecular formula is C19H27N5O2. The second kappa shape index (κ2) is 7.72. The standard InChI is InChI=1S/C19H27N5O2/c1-14(25)20-7-9-24-19-17(3-2-6-21-19)18(22-24)16-4-8-23(12-16)11-15-5-10-26-13-15/h2-3,6,15-16H,4-5,7-13H2,1H3,(H,20,25)/t15-,16-/m1/s1. The molecule has 2 aromatic heterocycles. The smallest absolute Gasteiger partial charge is 0.216 e. The van der Waals surface area contributed by atoms with E-state index in [-0.39, 0.29) is 5.91 Å². The highest BCUT2D eigenvalue weighted by molar-refractivity contribution is 5.79. The summed E-state index contributed by atoms with van der Waals surface area (Å²) in [5, 5.41) is 8.87. The lowest BCUT2D eigenvalue weighted by molar-refractivity contribution is -0.118. The number of pyridine rings is 1. The summed E-state index contributed by atoms with van der Waals surface area (Å²) in [6.07, 6.45) is 4.13. The molecule has 140 valence electrons. The molecule has 2 atom stereocenters. The van der Waals surface area contributed by atoms with Gasteiger partial charge in [-0.15, -0.1) is 0 Å². The third-order valence-corrected chi connectivity index (χ3v) is 5.43. The maximum Gasteiger partial charge on any atom is 0.216 e. The van der Waals surface area contributed by atoms with Gasteiger partial charge in [-0.1, -0.05) is 0 Å². The molecule has 2 aliphatic heterocycles. The summed E-state index contributed by atoms with van der Waals surface area (Å²) in [4.78, 5) is 18.2. The number of amides is 1. The normalized spacial score (nSPS) is 23.7. The number of hydrogen-bond acceptors (Lipinski definition) is 5. The van der Waals surface area contributed by atoms with Crippen LogP contribution in [-0.2, 0) is 16.1 Å².